The molecule has 1 aliphatic heterocycles. The van der Waals surface area contributed by atoms with E-state index in [-0.39, 0.29) is 5.41 Å². The van der Waals surface area contributed by atoms with Gasteiger partial charge in [-0.1, -0.05) is 78.4 Å². The molecule has 0 saturated carbocycles. The second-order valence-corrected chi connectivity index (χ2v) is 7.89. The Bertz CT molecular complexity index is 557. The van der Waals surface area contributed by atoms with Gasteiger partial charge in [0.05, 0.1) is 11.4 Å². The summed E-state index contributed by atoms with van der Waals surface area (Å²) in [6, 6.07) is 6.18. The molecule has 0 saturated heterocycles. The molecule has 2 rings (SSSR count). The minimum atomic E-state index is 0.239. The Labute approximate surface area is 161 Å². The first-order chi connectivity index (χ1) is 12.7. The van der Waals surface area contributed by atoms with Gasteiger partial charge < -0.3 is 0 Å². The molecular formula is C24H38N2. The van der Waals surface area contributed by atoms with Crippen LogP contribution in [0.25, 0.3) is 0 Å². The van der Waals surface area contributed by atoms with Crippen LogP contribution in [0.4, 0.5) is 0 Å². The van der Waals surface area contributed by atoms with Crippen molar-refractivity contribution in [3.05, 3.63) is 42.4 Å². The predicted molar refractivity (Wildman–Crippen MR) is 114 cm³/mol. The maximum absolute atomic E-state index is 4.76. The van der Waals surface area contributed by atoms with E-state index in [4.69, 9.17) is 4.99 Å². The van der Waals surface area contributed by atoms with Gasteiger partial charge in [-0.05, 0) is 36.8 Å². The van der Waals surface area contributed by atoms with E-state index >= 15 is 0 Å². The van der Waals surface area contributed by atoms with Gasteiger partial charge in [-0.25, -0.2) is 0 Å². The third kappa shape index (κ3) is 4.84. The van der Waals surface area contributed by atoms with Gasteiger partial charge >= 0.3 is 0 Å². The molecule has 0 aliphatic carbocycles. The lowest BCUT2D eigenvalue weighted by Gasteiger charge is -2.46. The molecule has 2 heteroatoms. The molecule has 2 atom stereocenters. The highest BCUT2D eigenvalue weighted by Crippen LogP contribution is 2.50. The Morgan fingerprint density at radius 1 is 0.962 bits per heavy atom. The molecule has 144 valence electrons. The van der Waals surface area contributed by atoms with Crippen molar-refractivity contribution in [2.45, 2.75) is 85.5 Å². The largest absolute Gasteiger partial charge is 0.259 e. The zero-order valence-corrected chi connectivity index (χ0v) is 17.4. The fourth-order valence-corrected chi connectivity index (χ4v) is 4.85. The van der Waals surface area contributed by atoms with E-state index in [1.54, 1.807) is 0 Å². The summed E-state index contributed by atoms with van der Waals surface area (Å²) in [6.07, 6.45) is 17.9. The summed E-state index contributed by atoms with van der Waals surface area (Å²) in [5.74, 6) is 1.46. The number of unbranched alkanes of at least 4 members (excludes halogenated alkanes) is 2. The van der Waals surface area contributed by atoms with Crippen LogP contribution in [0.2, 0.25) is 0 Å². The summed E-state index contributed by atoms with van der Waals surface area (Å²) in [4.78, 5) is 9.36. The van der Waals surface area contributed by atoms with Gasteiger partial charge in [-0.3, -0.25) is 9.98 Å². The van der Waals surface area contributed by atoms with E-state index in [0.29, 0.717) is 0 Å². The zero-order chi connectivity index (χ0) is 18.8. The molecule has 0 fully saturated rings. The molecule has 0 spiro atoms. The van der Waals surface area contributed by atoms with Crippen molar-refractivity contribution >= 4 is 5.71 Å². The van der Waals surface area contributed by atoms with Crippen LogP contribution in [0, 0.1) is 17.3 Å². The summed E-state index contributed by atoms with van der Waals surface area (Å²) in [5.41, 5.74) is 2.47. The first-order valence-corrected chi connectivity index (χ1v) is 10.9. The number of aromatic nitrogens is 1. The van der Waals surface area contributed by atoms with E-state index < -0.39 is 0 Å². The number of hydrogen-bond acceptors (Lipinski definition) is 2. The first-order valence-electron chi connectivity index (χ1n) is 10.9. The van der Waals surface area contributed by atoms with Crippen LogP contribution in [0.15, 0.2) is 41.7 Å². The van der Waals surface area contributed by atoms with Crippen LogP contribution in [-0.2, 0) is 0 Å². The molecule has 2 unspecified atom stereocenters. The van der Waals surface area contributed by atoms with Crippen molar-refractivity contribution in [2.24, 2.45) is 22.2 Å². The normalized spacial score (nSPS) is 22.1. The fourth-order valence-electron chi connectivity index (χ4n) is 4.85. The van der Waals surface area contributed by atoms with Crippen LogP contribution < -0.4 is 0 Å². The predicted octanol–water partition coefficient (Wildman–Crippen LogP) is 7.21. The van der Waals surface area contributed by atoms with E-state index in [9.17, 15) is 0 Å². The van der Waals surface area contributed by atoms with Gasteiger partial charge in [0.25, 0.3) is 0 Å². The van der Waals surface area contributed by atoms with Gasteiger partial charge in [-0.15, -0.1) is 0 Å². The molecule has 0 radical (unpaired) electrons. The molecule has 0 bridgehead atoms. The van der Waals surface area contributed by atoms with Crippen molar-refractivity contribution in [2.75, 3.05) is 0 Å². The molecule has 1 aromatic rings. The summed E-state index contributed by atoms with van der Waals surface area (Å²) >= 11 is 0. The molecule has 1 aromatic heterocycles. The molecular weight excluding hydrogens is 316 g/mol. The third-order valence-corrected chi connectivity index (χ3v) is 6.37. The van der Waals surface area contributed by atoms with Crippen molar-refractivity contribution in [1.82, 2.24) is 4.98 Å². The number of nitrogens with zero attached hydrogens (tertiary/aromatic N) is 2. The van der Waals surface area contributed by atoms with Crippen molar-refractivity contribution in [1.29, 1.82) is 0 Å². The summed E-state index contributed by atoms with van der Waals surface area (Å²) in [5, 5.41) is 0. The lowest BCUT2D eigenvalue weighted by atomic mass is 9.59. The monoisotopic (exact) mass is 354 g/mol. The number of rotatable bonds is 11. The maximum atomic E-state index is 4.76. The average molecular weight is 355 g/mol. The number of allylic oxidation sites excluding steroid dienone is 1. The van der Waals surface area contributed by atoms with Crippen LogP contribution in [0.3, 0.4) is 0 Å². The van der Waals surface area contributed by atoms with Gasteiger partial charge in [0.15, 0.2) is 0 Å². The van der Waals surface area contributed by atoms with E-state index in [1.807, 2.05) is 12.3 Å². The Hall–Kier alpha value is -1.44. The van der Waals surface area contributed by atoms with Crippen LogP contribution in [0.5, 0.6) is 0 Å². The Morgan fingerprint density at radius 3 is 2.12 bits per heavy atom. The second kappa shape index (κ2) is 10.6. The lowest BCUT2D eigenvalue weighted by Crippen LogP contribution is -2.40. The Balaban J connectivity index is 2.37. The van der Waals surface area contributed by atoms with Crippen LogP contribution in [0.1, 0.15) is 91.2 Å². The molecule has 26 heavy (non-hydrogen) atoms. The molecule has 0 aromatic carbocycles. The average Bonchev–Trinajstić information content (AvgIpc) is 2.70. The van der Waals surface area contributed by atoms with Crippen molar-refractivity contribution in [3.63, 3.8) is 0 Å². The van der Waals surface area contributed by atoms with Gasteiger partial charge in [0.2, 0.25) is 0 Å². The quantitative estimate of drug-likeness (QED) is 0.412. The molecule has 0 amide bonds. The number of hydrogen-bond donors (Lipinski definition) is 0. The standard InChI is InChI=1S/C24H38N2/c1-5-9-13-20(7-3)24(21(8-4)14-10-6-2)16-18-26-23(19-24)22-15-11-12-17-25-22/h11-12,15-18,20-21H,5-10,13-14,19H2,1-4H3. The smallest absolute Gasteiger partial charge is 0.0844 e. The minimum absolute atomic E-state index is 0.239. The minimum Gasteiger partial charge on any atom is -0.259 e. The molecule has 2 heterocycles. The fraction of sp³-hybridized carbons (Fsp3) is 0.667. The maximum Gasteiger partial charge on any atom is 0.0844 e. The highest BCUT2D eigenvalue weighted by Gasteiger charge is 2.43. The summed E-state index contributed by atoms with van der Waals surface area (Å²) in [7, 11) is 0. The van der Waals surface area contributed by atoms with E-state index in [0.717, 1.165) is 24.0 Å². The highest BCUT2D eigenvalue weighted by molar-refractivity contribution is 6.00. The number of pyridine rings is 1. The Kier molecular flexibility index (Phi) is 8.54. The van der Waals surface area contributed by atoms with Crippen LogP contribution >= 0.6 is 0 Å². The SMILES string of the molecule is CCCCC(CC)C1(C(CC)CCCC)C=CN=C(c2ccccn2)C1. The van der Waals surface area contributed by atoms with Crippen molar-refractivity contribution < 1.29 is 0 Å². The van der Waals surface area contributed by atoms with Crippen LogP contribution in [-0.4, -0.2) is 10.7 Å². The lowest BCUT2D eigenvalue weighted by molar-refractivity contribution is 0.107. The number of aliphatic imine (C=N–C) groups is 1. The second-order valence-electron chi connectivity index (χ2n) is 7.89. The van der Waals surface area contributed by atoms with Gasteiger partial charge in [-0.2, -0.15) is 0 Å². The van der Waals surface area contributed by atoms with Gasteiger partial charge in [0.1, 0.15) is 0 Å². The molecule has 2 nitrogen and oxygen atoms in total. The molecule has 1 aliphatic rings. The van der Waals surface area contributed by atoms with E-state index in [1.165, 1.54) is 57.1 Å². The third-order valence-electron chi connectivity index (χ3n) is 6.37. The summed E-state index contributed by atoms with van der Waals surface area (Å²) < 4.78 is 0. The van der Waals surface area contributed by atoms with Crippen molar-refractivity contribution in [3.8, 4) is 0 Å². The first kappa shape index (κ1) is 20.9. The summed E-state index contributed by atoms with van der Waals surface area (Å²) in [6.45, 7) is 9.39. The van der Waals surface area contributed by atoms with E-state index in [2.05, 4.69) is 57.1 Å². The molecule has 0 N–H and O–H groups in total. The zero-order valence-electron chi connectivity index (χ0n) is 17.4. The van der Waals surface area contributed by atoms with Gasteiger partial charge in [0, 0.05) is 24.2 Å². The topological polar surface area (TPSA) is 25.2 Å². The highest BCUT2D eigenvalue weighted by atomic mass is 14.8. The Morgan fingerprint density at radius 2 is 1.62 bits per heavy atom.